The van der Waals surface area contributed by atoms with E-state index < -0.39 is 23.5 Å². The van der Waals surface area contributed by atoms with Crippen LogP contribution in [0.3, 0.4) is 0 Å². The first-order valence-electron chi connectivity index (χ1n) is 4.87. The van der Waals surface area contributed by atoms with Gasteiger partial charge in [0.15, 0.2) is 0 Å². The molecule has 0 aromatic heterocycles. The summed E-state index contributed by atoms with van der Waals surface area (Å²) < 4.78 is 41.5. The van der Waals surface area contributed by atoms with E-state index in [2.05, 4.69) is 9.85 Å². The van der Waals surface area contributed by atoms with Gasteiger partial charge in [0.2, 0.25) is 5.69 Å². The highest BCUT2D eigenvalue weighted by molar-refractivity contribution is 5.66. The molecule has 0 fully saturated rings. The maximum atomic E-state index is 12.4. The number of benzene rings is 1. The van der Waals surface area contributed by atoms with Gasteiger partial charge in [-0.1, -0.05) is 6.07 Å². The van der Waals surface area contributed by atoms with Gasteiger partial charge in [0.05, 0.1) is 17.3 Å². The highest BCUT2D eigenvalue weighted by Crippen LogP contribution is 2.31. The molecule has 8 heteroatoms. The SMILES string of the molecule is CCOC(=O)/N=[N+](\[O-])c1cccc(C(F)(F)F)c1. The molecule has 0 saturated heterocycles. The average molecular weight is 262 g/mol. The Balaban J connectivity index is 3.00. The van der Waals surface area contributed by atoms with Gasteiger partial charge in [-0.2, -0.15) is 13.2 Å². The van der Waals surface area contributed by atoms with Crippen LogP contribution in [0.25, 0.3) is 0 Å². The molecule has 0 N–H and O–H groups in total. The van der Waals surface area contributed by atoms with Crippen LogP contribution in [-0.2, 0) is 10.9 Å². The number of rotatable bonds is 2. The fourth-order valence-electron chi connectivity index (χ4n) is 1.09. The molecule has 0 aliphatic rings. The topological polar surface area (TPSA) is 64.7 Å². The smallest absolute Gasteiger partial charge is 0.492 e. The average Bonchev–Trinajstić information content (AvgIpc) is 2.28. The lowest BCUT2D eigenvalue weighted by atomic mass is 10.2. The molecule has 0 bridgehead atoms. The van der Waals surface area contributed by atoms with Crippen molar-refractivity contribution < 1.29 is 27.6 Å². The van der Waals surface area contributed by atoms with E-state index >= 15 is 0 Å². The first kappa shape index (κ1) is 13.9. The monoisotopic (exact) mass is 262 g/mol. The molecule has 1 aromatic rings. The van der Waals surface area contributed by atoms with E-state index in [0.717, 1.165) is 18.2 Å². The van der Waals surface area contributed by atoms with Crippen LogP contribution < -0.4 is 0 Å². The number of ether oxygens (including phenoxy) is 1. The molecular weight excluding hydrogens is 253 g/mol. The van der Waals surface area contributed by atoms with E-state index in [1.807, 2.05) is 0 Å². The Bertz CT molecular complexity index is 472. The summed E-state index contributed by atoms with van der Waals surface area (Å²) in [6, 6.07) is 3.55. The van der Waals surface area contributed by atoms with Crippen LogP contribution in [0.4, 0.5) is 23.7 Å². The highest BCUT2D eigenvalue weighted by Gasteiger charge is 2.31. The van der Waals surface area contributed by atoms with Crippen molar-refractivity contribution in [2.75, 3.05) is 6.61 Å². The third-order valence-electron chi connectivity index (χ3n) is 1.83. The van der Waals surface area contributed by atoms with E-state index in [-0.39, 0.29) is 11.5 Å². The van der Waals surface area contributed by atoms with Crippen molar-refractivity contribution in [3.05, 3.63) is 35.0 Å². The molecule has 0 unspecified atom stereocenters. The molecule has 5 nitrogen and oxygen atoms in total. The number of halogens is 3. The summed E-state index contributed by atoms with van der Waals surface area (Å²) in [6.45, 7) is 1.52. The second kappa shape index (κ2) is 5.48. The van der Waals surface area contributed by atoms with Crippen molar-refractivity contribution in [3.8, 4) is 0 Å². The zero-order valence-corrected chi connectivity index (χ0v) is 9.27. The second-order valence-electron chi connectivity index (χ2n) is 3.12. The van der Waals surface area contributed by atoms with Gasteiger partial charge in [-0.05, 0) is 17.9 Å². The van der Waals surface area contributed by atoms with E-state index in [0.29, 0.717) is 6.07 Å². The molecule has 0 radical (unpaired) electrons. The van der Waals surface area contributed by atoms with Crippen LogP contribution >= 0.6 is 0 Å². The Morgan fingerprint density at radius 1 is 1.50 bits per heavy atom. The molecule has 98 valence electrons. The number of nitrogens with zero attached hydrogens (tertiary/aromatic N) is 2. The maximum absolute atomic E-state index is 12.4. The van der Waals surface area contributed by atoms with E-state index in [9.17, 15) is 23.2 Å². The minimum Gasteiger partial charge on any atom is -0.594 e. The molecule has 0 saturated carbocycles. The Morgan fingerprint density at radius 3 is 2.72 bits per heavy atom. The van der Waals surface area contributed by atoms with E-state index in [1.54, 1.807) is 0 Å². The van der Waals surface area contributed by atoms with Crippen molar-refractivity contribution in [1.82, 2.24) is 0 Å². The molecule has 18 heavy (non-hydrogen) atoms. The first-order valence-corrected chi connectivity index (χ1v) is 4.87. The standard InChI is InChI=1S/C10H9F3N2O3/c1-2-18-9(16)14-15(17)8-5-3-4-7(6-8)10(11,12)13/h3-6H,2H2,1H3/b15-14-. The van der Waals surface area contributed by atoms with Gasteiger partial charge >= 0.3 is 12.3 Å². The largest absolute Gasteiger partial charge is 0.594 e. The third-order valence-corrected chi connectivity index (χ3v) is 1.83. The molecule has 0 aliphatic carbocycles. The summed E-state index contributed by atoms with van der Waals surface area (Å²) in [7, 11) is 0. The maximum Gasteiger partial charge on any atom is 0.492 e. The zero-order valence-electron chi connectivity index (χ0n) is 9.27. The predicted octanol–water partition coefficient (Wildman–Crippen LogP) is 3.46. The fourth-order valence-corrected chi connectivity index (χ4v) is 1.09. The summed E-state index contributed by atoms with van der Waals surface area (Å²) in [5.74, 6) is 0. The molecule has 1 rings (SSSR count). The normalized spacial score (nSPS) is 12.3. The minimum atomic E-state index is -4.57. The predicted molar refractivity (Wildman–Crippen MR) is 54.2 cm³/mol. The molecule has 0 heterocycles. The Hall–Kier alpha value is -2.12. The van der Waals surface area contributed by atoms with Crippen molar-refractivity contribution >= 4 is 11.8 Å². The van der Waals surface area contributed by atoms with Crippen molar-refractivity contribution in [1.29, 1.82) is 0 Å². The van der Waals surface area contributed by atoms with E-state index in [1.165, 1.54) is 6.92 Å². The minimum absolute atomic E-state index is 0.0127. The van der Waals surface area contributed by atoms with Gasteiger partial charge in [0, 0.05) is 12.1 Å². The van der Waals surface area contributed by atoms with Crippen molar-refractivity contribution in [2.45, 2.75) is 13.1 Å². The number of carbonyl (C=O) groups excluding carboxylic acids is 1. The van der Waals surface area contributed by atoms with Gasteiger partial charge in [0.1, 0.15) is 0 Å². The number of carbonyl (C=O) groups is 1. The first-order chi connectivity index (χ1) is 8.34. The van der Waals surface area contributed by atoms with Crippen molar-refractivity contribution in [2.24, 2.45) is 5.11 Å². The molecule has 1 amide bonds. The lowest BCUT2D eigenvalue weighted by Gasteiger charge is -2.06. The summed E-state index contributed by atoms with van der Waals surface area (Å²) in [6.07, 6.45) is -5.73. The highest BCUT2D eigenvalue weighted by atomic mass is 19.4. The lowest BCUT2D eigenvalue weighted by Crippen LogP contribution is -2.06. The number of alkyl halides is 3. The summed E-state index contributed by atoms with van der Waals surface area (Å²) in [5.41, 5.74) is -1.40. The second-order valence-corrected chi connectivity index (χ2v) is 3.12. The van der Waals surface area contributed by atoms with Crippen LogP contribution in [0.1, 0.15) is 12.5 Å². The fraction of sp³-hybridized carbons (Fsp3) is 0.300. The summed E-state index contributed by atoms with van der Waals surface area (Å²) in [4.78, 5) is 10.6. The number of azo groups is 1. The Labute approximate surface area is 100 Å². The van der Waals surface area contributed by atoms with Crippen LogP contribution in [0, 0.1) is 5.21 Å². The lowest BCUT2D eigenvalue weighted by molar-refractivity contribution is -0.436. The number of hydrogen-bond acceptors (Lipinski definition) is 3. The zero-order chi connectivity index (χ0) is 13.8. The van der Waals surface area contributed by atoms with Crippen LogP contribution in [0.2, 0.25) is 0 Å². The summed E-state index contributed by atoms with van der Waals surface area (Å²) in [5, 5.41) is 14.2. The third kappa shape index (κ3) is 3.72. The van der Waals surface area contributed by atoms with Crippen LogP contribution in [0.5, 0.6) is 0 Å². The van der Waals surface area contributed by atoms with E-state index in [4.69, 9.17) is 0 Å². The number of amides is 1. The van der Waals surface area contributed by atoms with Gasteiger partial charge in [-0.25, -0.2) is 4.79 Å². The summed E-state index contributed by atoms with van der Waals surface area (Å²) >= 11 is 0. The molecular formula is C10H9F3N2O3. The quantitative estimate of drug-likeness (QED) is 0.465. The van der Waals surface area contributed by atoms with Crippen LogP contribution in [0.15, 0.2) is 29.4 Å². The van der Waals surface area contributed by atoms with Gasteiger partial charge in [-0.3, -0.25) is 0 Å². The Kier molecular flexibility index (Phi) is 4.24. The molecule has 0 aliphatic heterocycles. The van der Waals surface area contributed by atoms with Gasteiger partial charge in [-0.15, -0.1) is 0 Å². The number of hydrogen-bond donors (Lipinski definition) is 0. The molecule has 0 spiro atoms. The van der Waals surface area contributed by atoms with Gasteiger partial charge in [0.25, 0.3) is 0 Å². The molecule has 1 aromatic carbocycles. The van der Waals surface area contributed by atoms with Crippen molar-refractivity contribution in [3.63, 3.8) is 0 Å². The van der Waals surface area contributed by atoms with Gasteiger partial charge < -0.3 is 9.94 Å². The molecule has 0 atom stereocenters. The van der Waals surface area contributed by atoms with Crippen LogP contribution in [-0.4, -0.2) is 17.6 Å². The Morgan fingerprint density at radius 2 is 2.17 bits per heavy atom.